The molecule has 0 radical (unpaired) electrons. The molecule has 1 aromatic rings. The topological polar surface area (TPSA) is 41.6 Å². The number of thioether (sulfide) groups is 1. The van der Waals surface area contributed by atoms with E-state index in [1.54, 1.807) is 18.9 Å². The van der Waals surface area contributed by atoms with Crippen LogP contribution in [0.25, 0.3) is 0 Å². The van der Waals surface area contributed by atoms with Crippen LogP contribution in [-0.4, -0.2) is 42.8 Å². The Morgan fingerprint density at radius 3 is 2.64 bits per heavy atom. The second-order valence-electron chi connectivity index (χ2n) is 5.97. The fraction of sp³-hybridized carbons (Fsp3) is 0.588. The third kappa shape index (κ3) is 3.58. The molecule has 2 rings (SSSR count). The van der Waals surface area contributed by atoms with Crippen LogP contribution >= 0.6 is 11.8 Å². The van der Waals surface area contributed by atoms with Gasteiger partial charge in [0.25, 0.3) is 0 Å². The summed E-state index contributed by atoms with van der Waals surface area (Å²) in [6.45, 7) is 7.07. The van der Waals surface area contributed by atoms with Gasteiger partial charge < -0.3 is 9.64 Å². The van der Waals surface area contributed by atoms with Crippen molar-refractivity contribution in [2.24, 2.45) is 0 Å². The van der Waals surface area contributed by atoms with Crippen molar-refractivity contribution in [3.63, 3.8) is 0 Å². The molecule has 1 amide bonds. The molecule has 0 saturated carbocycles. The zero-order valence-electron chi connectivity index (χ0n) is 14.1. The van der Waals surface area contributed by atoms with Crippen molar-refractivity contribution in [3.8, 4) is 5.75 Å². The lowest BCUT2D eigenvalue weighted by atomic mass is 10.1. The average Bonchev–Trinajstić information content (AvgIpc) is 2.87. The Balaban J connectivity index is 2.07. The van der Waals surface area contributed by atoms with Crippen LogP contribution < -0.4 is 10.1 Å². The van der Waals surface area contributed by atoms with E-state index in [-0.39, 0.29) is 24.0 Å². The molecule has 0 aromatic heterocycles. The van der Waals surface area contributed by atoms with Crippen molar-refractivity contribution in [3.05, 3.63) is 23.8 Å². The van der Waals surface area contributed by atoms with E-state index in [9.17, 15) is 4.79 Å². The summed E-state index contributed by atoms with van der Waals surface area (Å²) in [4.78, 5) is 15.4. The maximum absolute atomic E-state index is 12.4. The first-order valence-electron chi connectivity index (χ1n) is 7.76. The fourth-order valence-electron chi connectivity index (χ4n) is 2.89. The van der Waals surface area contributed by atoms with Gasteiger partial charge in [0, 0.05) is 23.5 Å². The Kier molecular flexibility index (Phi) is 5.75. The molecule has 0 aliphatic carbocycles. The molecule has 0 bridgehead atoms. The van der Waals surface area contributed by atoms with Gasteiger partial charge in [-0.1, -0.05) is 6.07 Å². The number of nitrogens with zero attached hydrogens (tertiary/aromatic N) is 1. The lowest BCUT2D eigenvalue weighted by Crippen LogP contribution is -2.41. The summed E-state index contributed by atoms with van der Waals surface area (Å²) in [7, 11) is 1.69. The fourth-order valence-corrected chi connectivity index (χ4v) is 3.44. The SMILES string of the molecule is COc1cc([C@@H](C)N[C@@H]2CCN(C(C)C)C2=O)ccc1SC. The molecule has 22 heavy (non-hydrogen) atoms. The Morgan fingerprint density at radius 2 is 2.09 bits per heavy atom. The van der Waals surface area contributed by atoms with E-state index < -0.39 is 0 Å². The van der Waals surface area contributed by atoms with Crippen LogP contribution in [0.5, 0.6) is 5.75 Å². The number of methoxy groups -OCH3 is 1. The van der Waals surface area contributed by atoms with Crippen molar-refractivity contribution in [2.75, 3.05) is 19.9 Å². The highest BCUT2D eigenvalue weighted by molar-refractivity contribution is 7.98. The summed E-state index contributed by atoms with van der Waals surface area (Å²) < 4.78 is 5.44. The first kappa shape index (κ1) is 17.2. The van der Waals surface area contributed by atoms with Gasteiger partial charge in [-0.3, -0.25) is 10.1 Å². The standard InChI is InChI=1S/C17H26N2O2S/c1-11(2)19-9-8-14(17(19)20)18-12(3)13-6-7-16(22-5)15(10-13)21-4/h6-7,10-12,14,18H,8-9H2,1-5H3/t12-,14-/m1/s1. The Bertz CT molecular complexity index is 533. The molecule has 5 heteroatoms. The third-order valence-electron chi connectivity index (χ3n) is 4.22. The van der Waals surface area contributed by atoms with Crippen molar-refractivity contribution >= 4 is 17.7 Å². The lowest BCUT2D eigenvalue weighted by Gasteiger charge is -2.23. The monoisotopic (exact) mass is 322 g/mol. The molecule has 1 aliphatic rings. The smallest absolute Gasteiger partial charge is 0.240 e. The molecule has 1 aromatic carbocycles. The van der Waals surface area contributed by atoms with Gasteiger partial charge >= 0.3 is 0 Å². The van der Waals surface area contributed by atoms with Gasteiger partial charge in [-0.25, -0.2) is 0 Å². The maximum Gasteiger partial charge on any atom is 0.240 e. The Morgan fingerprint density at radius 1 is 1.36 bits per heavy atom. The highest BCUT2D eigenvalue weighted by Gasteiger charge is 2.33. The molecule has 1 fully saturated rings. The quantitative estimate of drug-likeness (QED) is 0.817. The van der Waals surface area contributed by atoms with Crippen LogP contribution in [0.3, 0.4) is 0 Å². The minimum Gasteiger partial charge on any atom is -0.496 e. The molecule has 1 heterocycles. The summed E-state index contributed by atoms with van der Waals surface area (Å²) >= 11 is 1.67. The van der Waals surface area contributed by atoms with Gasteiger partial charge in [-0.15, -0.1) is 11.8 Å². The highest BCUT2D eigenvalue weighted by Crippen LogP contribution is 2.30. The van der Waals surface area contributed by atoms with Gasteiger partial charge in [-0.05, 0) is 51.1 Å². The minimum atomic E-state index is -0.0800. The van der Waals surface area contributed by atoms with Gasteiger partial charge in [0.2, 0.25) is 5.91 Å². The molecule has 1 N–H and O–H groups in total. The molecular weight excluding hydrogens is 296 g/mol. The minimum absolute atomic E-state index is 0.0800. The normalized spacial score (nSPS) is 19.8. The van der Waals surface area contributed by atoms with Gasteiger partial charge in [0.1, 0.15) is 5.75 Å². The van der Waals surface area contributed by atoms with Crippen LogP contribution in [0.1, 0.15) is 38.8 Å². The molecule has 1 saturated heterocycles. The van der Waals surface area contributed by atoms with E-state index in [4.69, 9.17) is 4.74 Å². The number of amides is 1. The molecule has 122 valence electrons. The summed E-state index contributed by atoms with van der Waals surface area (Å²) in [6, 6.07) is 6.55. The first-order valence-corrected chi connectivity index (χ1v) is 8.98. The molecule has 4 nitrogen and oxygen atoms in total. The number of likely N-dealkylation sites (tertiary alicyclic amines) is 1. The maximum atomic E-state index is 12.4. The van der Waals surface area contributed by atoms with E-state index in [0.29, 0.717) is 0 Å². The average molecular weight is 322 g/mol. The van der Waals surface area contributed by atoms with Crippen molar-refractivity contribution < 1.29 is 9.53 Å². The summed E-state index contributed by atoms with van der Waals surface area (Å²) in [6.07, 6.45) is 2.91. The Hall–Kier alpha value is -1.20. The first-order chi connectivity index (χ1) is 10.5. The van der Waals surface area contributed by atoms with E-state index in [1.165, 1.54) is 0 Å². The van der Waals surface area contributed by atoms with Crippen LogP contribution in [-0.2, 0) is 4.79 Å². The number of nitrogens with one attached hydrogen (secondary N) is 1. The van der Waals surface area contributed by atoms with Crippen LogP contribution in [0, 0.1) is 0 Å². The van der Waals surface area contributed by atoms with E-state index in [0.717, 1.165) is 29.2 Å². The van der Waals surface area contributed by atoms with Gasteiger partial charge in [0.05, 0.1) is 13.2 Å². The largest absolute Gasteiger partial charge is 0.496 e. The third-order valence-corrected chi connectivity index (χ3v) is 5.00. The zero-order valence-corrected chi connectivity index (χ0v) is 14.9. The zero-order chi connectivity index (χ0) is 16.3. The van der Waals surface area contributed by atoms with Crippen molar-refractivity contribution in [2.45, 2.75) is 50.2 Å². The van der Waals surface area contributed by atoms with Crippen LogP contribution in [0.2, 0.25) is 0 Å². The summed E-state index contributed by atoms with van der Waals surface area (Å²) in [5.74, 6) is 1.11. The second kappa shape index (κ2) is 7.38. The lowest BCUT2D eigenvalue weighted by molar-refractivity contribution is -0.130. The van der Waals surface area contributed by atoms with Crippen LogP contribution in [0.4, 0.5) is 0 Å². The predicted molar refractivity (Wildman–Crippen MR) is 91.6 cm³/mol. The molecule has 1 aliphatic heterocycles. The number of hydrogen-bond acceptors (Lipinski definition) is 4. The Labute approximate surface area is 137 Å². The van der Waals surface area contributed by atoms with E-state index >= 15 is 0 Å². The number of hydrogen-bond donors (Lipinski definition) is 1. The second-order valence-corrected chi connectivity index (χ2v) is 6.82. The van der Waals surface area contributed by atoms with E-state index in [2.05, 4.69) is 44.3 Å². The number of carbonyl (C=O) groups excluding carboxylic acids is 1. The molecule has 0 unspecified atom stereocenters. The number of rotatable bonds is 6. The highest BCUT2D eigenvalue weighted by atomic mass is 32.2. The van der Waals surface area contributed by atoms with Crippen molar-refractivity contribution in [1.29, 1.82) is 0 Å². The van der Waals surface area contributed by atoms with Crippen LogP contribution in [0.15, 0.2) is 23.1 Å². The predicted octanol–water partition coefficient (Wildman–Crippen LogP) is 3.08. The van der Waals surface area contributed by atoms with Crippen molar-refractivity contribution in [1.82, 2.24) is 10.2 Å². The number of ether oxygens (including phenoxy) is 1. The number of benzene rings is 1. The van der Waals surface area contributed by atoms with Gasteiger partial charge in [0.15, 0.2) is 0 Å². The van der Waals surface area contributed by atoms with Gasteiger partial charge in [-0.2, -0.15) is 0 Å². The molecular formula is C17H26N2O2S. The summed E-state index contributed by atoms with van der Waals surface area (Å²) in [5.41, 5.74) is 1.14. The van der Waals surface area contributed by atoms with E-state index in [1.807, 2.05) is 11.2 Å². The summed E-state index contributed by atoms with van der Waals surface area (Å²) in [5, 5.41) is 3.46. The molecule has 0 spiro atoms. The number of carbonyl (C=O) groups is 1. The molecule has 2 atom stereocenters.